The Bertz CT molecular complexity index is 1000. The molecule has 0 unspecified atom stereocenters. The molecule has 0 aliphatic heterocycles. The van der Waals surface area contributed by atoms with Crippen molar-refractivity contribution in [3.63, 3.8) is 0 Å². The highest BCUT2D eigenvalue weighted by molar-refractivity contribution is 7.89. The van der Waals surface area contributed by atoms with Crippen molar-refractivity contribution in [2.45, 2.75) is 31.3 Å². The lowest BCUT2D eigenvalue weighted by Crippen LogP contribution is -2.30. The first-order valence-electron chi connectivity index (χ1n) is 9.14. The highest BCUT2D eigenvalue weighted by Gasteiger charge is 2.28. The predicted molar refractivity (Wildman–Crippen MR) is 109 cm³/mol. The molecule has 0 radical (unpaired) electrons. The fourth-order valence-corrected chi connectivity index (χ4v) is 4.55. The average Bonchev–Trinajstić information content (AvgIpc) is 2.74. The second kappa shape index (κ2) is 8.99. The molecule has 0 spiro atoms. The lowest BCUT2D eigenvalue weighted by Gasteiger charge is -2.23. The zero-order valence-corrected chi connectivity index (χ0v) is 16.9. The fourth-order valence-electron chi connectivity index (χ4n) is 2.98. The third-order valence-electron chi connectivity index (χ3n) is 4.56. The molecule has 0 aliphatic rings. The maximum atomic E-state index is 13.5. The summed E-state index contributed by atoms with van der Waals surface area (Å²) >= 11 is 0. The van der Waals surface area contributed by atoms with Gasteiger partial charge in [-0.2, -0.15) is 4.31 Å². The van der Waals surface area contributed by atoms with Crippen LogP contribution >= 0.6 is 0 Å². The number of hydrogen-bond donors (Lipinski definition) is 0. The molecule has 0 atom stereocenters. The van der Waals surface area contributed by atoms with E-state index >= 15 is 0 Å². The molecule has 0 aliphatic carbocycles. The molecule has 6 heteroatoms. The molecule has 0 saturated carbocycles. The van der Waals surface area contributed by atoms with E-state index in [0.717, 1.165) is 17.5 Å². The fraction of sp³-hybridized carbons (Fsp3) is 0.227. The van der Waals surface area contributed by atoms with E-state index in [1.165, 1.54) is 17.0 Å². The Morgan fingerprint density at radius 2 is 1.57 bits per heavy atom. The van der Waals surface area contributed by atoms with Crippen LogP contribution in [0.4, 0.5) is 0 Å². The van der Waals surface area contributed by atoms with Crippen LogP contribution in [0.5, 0.6) is 5.75 Å². The first kappa shape index (κ1) is 20.0. The average molecular weight is 397 g/mol. The van der Waals surface area contributed by atoms with Crippen molar-refractivity contribution in [2.75, 3.05) is 7.11 Å². The van der Waals surface area contributed by atoms with E-state index in [-0.39, 0.29) is 18.0 Å². The number of aromatic nitrogens is 1. The molecule has 0 amide bonds. The van der Waals surface area contributed by atoms with Crippen LogP contribution in [0, 0.1) is 0 Å². The van der Waals surface area contributed by atoms with E-state index in [0.29, 0.717) is 5.75 Å². The van der Waals surface area contributed by atoms with Gasteiger partial charge in [-0.25, -0.2) is 8.42 Å². The molecule has 28 heavy (non-hydrogen) atoms. The van der Waals surface area contributed by atoms with Gasteiger partial charge in [0.1, 0.15) is 10.6 Å². The van der Waals surface area contributed by atoms with Gasteiger partial charge in [-0.05, 0) is 41.3 Å². The standard InChI is InChI=1S/C22H24N2O3S/c1-3-18-10-12-19(13-11-18)16-24(17-20-7-6-14-23-15-20)28(25,26)22-9-5-4-8-21(22)27-2/h4-15H,3,16-17H2,1-2H3. The van der Waals surface area contributed by atoms with Crippen molar-refractivity contribution >= 4 is 10.0 Å². The van der Waals surface area contributed by atoms with Gasteiger partial charge in [-0.1, -0.05) is 49.4 Å². The van der Waals surface area contributed by atoms with Gasteiger partial charge in [-0.3, -0.25) is 4.98 Å². The van der Waals surface area contributed by atoms with Crippen LogP contribution in [0.25, 0.3) is 0 Å². The van der Waals surface area contributed by atoms with Gasteiger partial charge in [0.15, 0.2) is 0 Å². The molecule has 5 nitrogen and oxygen atoms in total. The van der Waals surface area contributed by atoms with Crippen LogP contribution in [0.2, 0.25) is 0 Å². The van der Waals surface area contributed by atoms with Crippen molar-refractivity contribution in [3.8, 4) is 5.75 Å². The Morgan fingerprint density at radius 3 is 2.21 bits per heavy atom. The number of aryl methyl sites for hydroxylation is 1. The normalized spacial score (nSPS) is 11.5. The van der Waals surface area contributed by atoms with Gasteiger partial charge in [0.25, 0.3) is 0 Å². The Hall–Kier alpha value is -2.70. The van der Waals surface area contributed by atoms with Gasteiger partial charge >= 0.3 is 0 Å². The van der Waals surface area contributed by atoms with Crippen molar-refractivity contribution in [3.05, 3.63) is 89.7 Å². The van der Waals surface area contributed by atoms with Crippen molar-refractivity contribution < 1.29 is 13.2 Å². The third-order valence-corrected chi connectivity index (χ3v) is 6.39. The monoisotopic (exact) mass is 396 g/mol. The van der Waals surface area contributed by atoms with Crippen LogP contribution in [0.15, 0.2) is 78.0 Å². The molecule has 1 heterocycles. The minimum Gasteiger partial charge on any atom is -0.495 e. The molecule has 0 saturated heterocycles. The van der Waals surface area contributed by atoms with Gasteiger partial charge in [0.05, 0.1) is 7.11 Å². The number of pyridine rings is 1. The summed E-state index contributed by atoms with van der Waals surface area (Å²) in [6.45, 7) is 2.58. The number of methoxy groups -OCH3 is 1. The van der Waals surface area contributed by atoms with E-state index in [4.69, 9.17) is 4.74 Å². The summed E-state index contributed by atoms with van der Waals surface area (Å²) < 4.78 is 33.7. The first-order valence-corrected chi connectivity index (χ1v) is 10.6. The predicted octanol–water partition coefficient (Wildman–Crippen LogP) is 4.04. The Balaban J connectivity index is 1.99. The number of para-hydroxylation sites is 1. The van der Waals surface area contributed by atoms with E-state index in [1.807, 2.05) is 30.3 Å². The number of ether oxygens (including phenoxy) is 1. The molecule has 146 valence electrons. The lowest BCUT2D eigenvalue weighted by atomic mass is 10.1. The van der Waals surface area contributed by atoms with Crippen LogP contribution < -0.4 is 4.74 Å². The van der Waals surface area contributed by atoms with E-state index in [9.17, 15) is 8.42 Å². The highest BCUT2D eigenvalue weighted by atomic mass is 32.2. The lowest BCUT2D eigenvalue weighted by molar-refractivity contribution is 0.382. The highest BCUT2D eigenvalue weighted by Crippen LogP contribution is 2.28. The number of rotatable bonds is 8. The third kappa shape index (κ3) is 4.58. The Kier molecular flexibility index (Phi) is 6.44. The zero-order chi connectivity index (χ0) is 20.0. The topological polar surface area (TPSA) is 59.5 Å². The number of hydrogen-bond acceptors (Lipinski definition) is 4. The number of sulfonamides is 1. The molecule has 3 aromatic rings. The van der Waals surface area contributed by atoms with Crippen LogP contribution in [-0.4, -0.2) is 24.8 Å². The van der Waals surface area contributed by atoms with Crippen LogP contribution in [0.1, 0.15) is 23.6 Å². The second-order valence-electron chi connectivity index (χ2n) is 6.46. The minimum absolute atomic E-state index is 0.159. The molecule has 3 rings (SSSR count). The molecule has 1 aromatic heterocycles. The summed E-state index contributed by atoms with van der Waals surface area (Å²) in [6, 6.07) is 18.4. The summed E-state index contributed by atoms with van der Waals surface area (Å²) in [6.07, 6.45) is 4.30. The van der Waals surface area contributed by atoms with Gasteiger partial charge in [-0.15, -0.1) is 0 Å². The number of benzene rings is 2. The first-order chi connectivity index (χ1) is 13.5. The largest absolute Gasteiger partial charge is 0.495 e. The summed E-state index contributed by atoms with van der Waals surface area (Å²) in [5.41, 5.74) is 2.97. The van der Waals surface area contributed by atoms with E-state index < -0.39 is 10.0 Å². The quantitative estimate of drug-likeness (QED) is 0.576. The van der Waals surface area contributed by atoms with Crippen LogP contribution in [-0.2, 0) is 29.5 Å². The zero-order valence-electron chi connectivity index (χ0n) is 16.1. The Morgan fingerprint density at radius 1 is 0.893 bits per heavy atom. The molecular weight excluding hydrogens is 372 g/mol. The SMILES string of the molecule is CCc1ccc(CN(Cc2cccnc2)S(=O)(=O)c2ccccc2OC)cc1. The van der Waals surface area contributed by atoms with Gasteiger partial charge < -0.3 is 4.74 Å². The minimum atomic E-state index is -3.78. The van der Waals surface area contributed by atoms with Gasteiger partial charge in [0, 0.05) is 25.5 Å². The summed E-state index contributed by atoms with van der Waals surface area (Å²) in [5, 5.41) is 0. The van der Waals surface area contributed by atoms with Crippen molar-refractivity contribution in [2.24, 2.45) is 0 Å². The molecule has 0 N–H and O–H groups in total. The van der Waals surface area contributed by atoms with E-state index in [2.05, 4.69) is 11.9 Å². The Labute approximate surface area is 166 Å². The molecule has 0 bridgehead atoms. The van der Waals surface area contributed by atoms with Gasteiger partial charge in [0.2, 0.25) is 10.0 Å². The smallest absolute Gasteiger partial charge is 0.247 e. The molecule has 0 fully saturated rings. The van der Waals surface area contributed by atoms with E-state index in [1.54, 1.807) is 42.7 Å². The van der Waals surface area contributed by atoms with Crippen molar-refractivity contribution in [1.29, 1.82) is 0 Å². The maximum Gasteiger partial charge on any atom is 0.247 e. The van der Waals surface area contributed by atoms with Crippen LogP contribution in [0.3, 0.4) is 0 Å². The molecular formula is C22H24N2O3S. The summed E-state index contributed by atoms with van der Waals surface area (Å²) in [5.74, 6) is 0.333. The summed E-state index contributed by atoms with van der Waals surface area (Å²) in [4.78, 5) is 4.27. The summed E-state index contributed by atoms with van der Waals surface area (Å²) in [7, 11) is -2.30. The molecule has 2 aromatic carbocycles. The second-order valence-corrected chi connectivity index (χ2v) is 8.36. The maximum absolute atomic E-state index is 13.5. The van der Waals surface area contributed by atoms with Crippen molar-refractivity contribution in [1.82, 2.24) is 9.29 Å². The number of nitrogens with zero attached hydrogens (tertiary/aromatic N) is 2.